The molecule has 2 atom stereocenters. The van der Waals surface area contributed by atoms with Crippen molar-refractivity contribution < 1.29 is 23.1 Å². The number of carboxylic acids is 1. The van der Waals surface area contributed by atoms with Crippen molar-refractivity contribution in [1.29, 1.82) is 0 Å². The third kappa shape index (κ3) is 4.75. The quantitative estimate of drug-likeness (QED) is 0.748. The molecule has 2 aliphatic rings. The van der Waals surface area contributed by atoms with E-state index in [2.05, 4.69) is 18.8 Å². The minimum atomic E-state index is -3.11. The summed E-state index contributed by atoms with van der Waals surface area (Å²) in [5, 5.41) is 9.05. The number of nitrogens with zero attached hydrogens (tertiary/aromatic N) is 2. The molecule has 1 N–H and O–H groups in total. The van der Waals surface area contributed by atoms with Gasteiger partial charge in [-0.3, -0.25) is 9.59 Å². The molecule has 9 heteroatoms. The molecule has 2 heterocycles. The van der Waals surface area contributed by atoms with E-state index in [4.69, 9.17) is 5.11 Å². The van der Waals surface area contributed by atoms with E-state index < -0.39 is 15.8 Å². The second-order valence-electron chi connectivity index (χ2n) is 7.45. The molecule has 28 heavy (non-hydrogen) atoms. The summed E-state index contributed by atoms with van der Waals surface area (Å²) in [5.41, 5.74) is 1.99. The summed E-state index contributed by atoms with van der Waals surface area (Å²) in [7, 11) is -3.11. The molecule has 152 valence electrons. The fourth-order valence-corrected chi connectivity index (χ4v) is 7.37. The highest BCUT2D eigenvalue weighted by molar-refractivity contribution is 8.16. The standard InChI is InChI=1S/C19H24N2O5S2/c1-12(2)13-6-8-14(9-7-13)21-15-10-28(25,26)11-16(15)27-19(21)20-17(22)4-3-5-18(23)24/h6-9,12,15-16H,3-5,10-11H2,1-2H3,(H,23,24)/t15-,16+/m1/s1. The van der Waals surface area contributed by atoms with Crippen molar-refractivity contribution in [1.82, 2.24) is 0 Å². The first-order valence-corrected chi connectivity index (χ1v) is 12.0. The Morgan fingerprint density at radius 1 is 1.21 bits per heavy atom. The lowest BCUT2D eigenvalue weighted by molar-refractivity contribution is -0.137. The van der Waals surface area contributed by atoms with Crippen molar-refractivity contribution in [2.45, 2.75) is 50.3 Å². The van der Waals surface area contributed by atoms with E-state index in [1.54, 1.807) is 0 Å². The van der Waals surface area contributed by atoms with Crippen LogP contribution in [0.1, 0.15) is 44.6 Å². The molecule has 0 spiro atoms. The third-order valence-electron chi connectivity index (χ3n) is 4.91. The lowest BCUT2D eigenvalue weighted by atomic mass is 10.0. The SMILES string of the molecule is CC(C)c1ccc(N2C(=NC(=O)CCCC(=O)O)S[C@H]3CS(=O)(=O)C[C@H]32)cc1. The number of aliphatic imine (C=N–C) groups is 1. The van der Waals surface area contributed by atoms with Crippen LogP contribution in [-0.4, -0.2) is 53.4 Å². The van der Waals surface area contributed by atoms with Crippen LogP contribution in [0.5, 0.6) is 0 Å². The first-order valence-electron chi connectivity index (χ1n) is 9.26. The predicted octanol–water partition coefficient (Wildman–Crippen LogP) is 2.67. The highest BCUT2D eigenvalue weighted by atomic mass is 32.2. The molecule has 0 aromatic heterocycles. The molecular weight excluding hydrogens is 400 g/mol. The van der Waals surface area contributed by atoms with Crippen molar-refractivity contribution in [2.24, 2.45) is 4.99 Å². The van der Waals surface area contributed by atoms with E-state index in [-0.39, 0.29) is 48.0 Å². The lowest BCUT2D eigenvalue weighted by Crippen LogP contribution is -2.37. The van der Waals surface area contributed by atoms with Gasteiger partial charge in [0.15, 0.2) is 15.0 Å². The number of hydrogen-bond donors (Lipinski definition) is 1. The van der Waals surface area contributed by atoms with Gasteiger partial charge < -0.3 is 10.0 Å². The van der Waals surface area contributed by atoms with Crippen molar-refractivity contribution in [3.8, 4) is 0 Å². The van der Waals surface area contributed by atoms with Gasteiger partial charge in [-0.05, 0) is 30.0 Å². The first-order chi connectivity index (χ1) is 13.2. The minimum absolute atomic E-state index is 0.0445. The van der Waals surface area contributed by atoms with Crippen molar-refractivity contribution in [3.63, 3.8) is 0 Å². The van der Waals surface area contributed by atoms with E-state index in [1.807, 2.05) is 29.2 Å². The lowest BCUT2D eigenvalue weighted by Gasteiger charge is -2.25. The van der Waals surface area contributed by atoms with Crippen LogP contribution >= 0.6 is 11.8 Å². The van der Waals surface area contributed by atoms with E-state index in [0.717, 1.165) is 5.69 Å². The Kier molecular flexibility index (Phi) is 6.14. The van der Waals surface area contributed by atoms with Gasteiger partial charge in [0.1, 0.15) is 0 Å². The van der Waals surface area contributed by atoms with Crippen molar-refractivity contribution in [3.05, 3.63) is 29.8 Å². The average Bonchev–Trinajstić information content (AvgIpc) is 3.05. The normalized spacial score (nSPS) is 24.7. The number of aliphatic carboxylic acids is 1. The fraction of sp³-hybridized carbons (Fsp3) is 0.526. The second kappa shape index (κ2) is 8.24. The van der Waals surface area contributed by atoms with Crippen LogP contribution in [0.15, 0.2) is 29.3 Å². The Balaban J connectivity index is 1.85. The van der Waals surface area contributed by atoms with Crippen LogP contribution in [0.25, 0.3) is 0 Å². The third-order valence-corrected chi connectivity index (χ3v) is 8.12. The highest BCUT2D eigenvalue weighted by Gasteiger charge is 2.49. The van der Waals surface area contributed by atoms with Crippen LogP contribution < -0.4 is 4.90 Å². The smallest absolute Gasteiger partial charge is 0.303 e. The van der Waals surface area contributed by atoms with Gasteiger partial charge in [0.05, 0.1) is 17.5 Å². The number of carbonyl (C=O) groups is 2. The van der Waals surface area contributed by atoms with E-state index in [0.29, 0.717) is 11.1 Å². The maximum absolute atomic E-state index is 12.2. The van der Waals surface area contributed by atoms with Gasteiger partial charge in [0.25, 0.3) is 0 Å². The number of benzene rings is 1. The second-order valence-corrected chi connectivity index (χ2v) is 10.8. The fourth-order valence-electron chi connectivity index (χ4n) is 3.44. The summed E-state index contributed by atoms with van der Waals surface area (Å²) < 4.78 is 24.2. The zero-order chi connectivity index (χ0) is 20.5. The molecule has 0 radical (unpaired) electrons. The molecule has 1 aromatic carbocycles. The molecule has 2 fully saturated rings. The molecule has 2 aliphatic heterocycles. The molecule has 7 nitrogen and oxygen atoms in total. The molecule has 1 aromatic rings. The molecule has 0 bridgehead atoms. The Hall–Kier alpha value is -1.87. The number of hydrogen-bond acceptors (Lipinski definition) is 5. The number of carboxylic acid groups (broad SMARTS) is 1. The number of fused-ring (bicyclic) bond motifs is 1. The molecule has 0 aliphatic carbocycles. The van der Waals surface area contributed by atoms with Crippen LogP contribution in [-0.2, 0) is 19.4 Å². The summed E-state index contributed by atoms with van der Waals surface area (Å²) in [6.07, 6.45) is 0.220. The van der Waals surface area contributed by atoms with E-state index >= 15 is 0 Å². The van der Waals surface area contributed by atoms with Gasteiger partial charge in [-0.1, -0.05) is 37.7 Å². The van der Waals surface area contributed by atoms with Crippen LogP contribution in [0, 0.1) is 0 Å². The molecule has 0 unspecified atom stereocenters. The van der Waals surface area contributed by atoms with E-state index in [1.165, 1.54) is 17.3 Å². The topological polar surface area (TPSA) is 104 Å². The maximum Gasteiger partial charge on any atom is 0.303 e. The Bertz CT molecular complexity index is 893. The monoisotopic (exact) mass is 424 g/mol. The Morgan fingerprint density at radius 3 is 2.50 bits per heavy atom. The number of sulfone groups is 1. The maximum atomic E-state index is 12.2. The summed E-state index contributed by atoms with van der Waals surface area (Å²) >= 11 is 1.32. The van der Waals surface area contributed by atoms with Crippen LogP contribution in [0.4, 0.5) is 5.69 Å². The molecular formula is C19H24N2O5S2. The summed E-state index contributed by atoms with van der Waals surface area (Å²) in [6, 6.07) is 7.65. The minimum Gasteiger partial charge on any atom is -0.481 e. The summed E-state index contributed by atoms with van der Waals surface area (Å²) in [5.74, 6) is -0.818. The zero-order valence-corrected chi connectivity index (χ0v) is 17.5. The number of carbonyl (C=O) groups excluding carboxylic acids is 1. The predicted molar refractivity (Wildman–Crippen MR) is 111 cm³/mol. The molecule has 2 saturated heterocycles. The van der Waals surface area contributed by atoms with Crippen molar-refractivity contribution in [2.75, 3.05) is 16.4 Å². The summed E-state index contributed by atoms with van der Waals surface area (Å²) in [6.45, 7) is 4.20. The summed E-state index contributed by atoms with van der Waals surface area (Å²) in [4.78, 5) is 28.9. The van der Waals surface area contributed by atoms with E-state index in [9.17, 15) is 18.0 Å². The number of thioether (sulfide) groups is 1. The zero-order valence-electron chi connectivity index (χ0n) is 15.9. The number of rotatable bonds is 6. The van der Waals surface area contributed by atoms with Crippen LogP contribution in [0.2, 0.25) is 0 Å². The average molecular weight is 425 g/mol. The highest BCUT2D eigenvalue weighted by Crippen LogP contribution is 2.41. The van der Waals surface area contributed by atoms with Gasteiger partial charge in [-0.2, -0.15) is 4.99 Å². The van der Waals surface area contributed by atoms with Gasteiger partial charge in [0, 0.05) is 23.8 Å². The first kappa shape index (κ1) is 20.9. The number of amides is 1. The van der Waals surface area contributed by atoms with Crippen LogP contribution in [0.3, 0.4) is 0 Å². The van der Waals surface area contributed by atoms with Gasteiger partial charge in [-0.25, -0.2) is 8.42 Å². The Labute approximate surface area is 169 Å². The molecule has 3 rings (SSSR count). The number of anilines is 1. The Morgan fingerprint density at radius 2 is 1.89 bits per heavy atom. The van der Waals surface area contributed by atoms with Gasteiger partial charge in [-0.15, -0.1) is 0 Å². The largest absolute Gasteiger partial charge is 0.481 e. The van der Waals surface area contributed by atoms with Gasteiger partial charge in [0.2, 0.25) is 5.91 Å². The van der Waals surface area contributed by atoms with Crippen molar-refractivity contribution >= 4 is 44.3 Å². The molecule has 0 saturated carbocycles. The molecule has 1 amide bonds. The number of amidine groups is 1. The van der Waals surface area contributed by atoms with Gasteiger partial charge >= 0.3 is 5.97 Å².